The lowest BCUT2D eigenvalue weighted by atomic mass is 10.2. The van der Waals surface area contributed by atoms with Crippen molar-refractivity contribution < 1.29 is 17.9 Å². The van der Waals surface area contributed by atoms with Crippen molar-refractivity contribution in [3.63, 3.8) is 0 Å². The van der Waals surface area contributed by atoms with E-state index in [1.165, 1.54) is 4.31 Å². The number of anilines is 3. The first kappa shape index (κ1) is 22.6. The zero-order chi connectivity index (χ0) is 23.4. The Labute approximate surface area is 191 Å². The normalized spacial score (nSPS) is 16.5. The number of ether oxygens (including phenoxy) is 1. The number of hydrogen-bond donors (Lipinski definition) is 2. The summed E-state index contributed by atoms with van der Waals surface area (Å²) in [5.41, 5.74) is 7.47. The van der Waals surface area contributed by atoms with Gasteiger partial charge in [0.2, 0.25) is 21.9 Å². The molecule has 3 aromatic rings. The number of nitrogens with zero attached hydrogens (tertiary/aromatic N) is 4. The van der Waals surface area contributed by atoms with Gasteiger partial charge in [-0.1, -0.05) is 35.9 Å². The number of esters is 1. The Morgan fingerprint density at radius 2 is 1.85 bits per heavy atom. The molecular weight excluding hydrogens is 444 g/mol. The van der Waals surface area contributed by atoms with Crippen LogP contribution in [0.2, 0.25) is 0 Å². The van der Waals surface area contributed by atoms with Crippen molar-refractivity contribution >= 4 is 33.6 Å². The maximum atomic E-state index is 13.1. The van der Waals surface area contributed by atoms with Crippen molar-refractivity contribution in [2.45, 2.75) is 37.3 Å². The highest BCUT2D eigenvalue weighted by Gasteiger charge is 2.40. The van der Waals surface area contributed by atoms with E-state index in [1.54, 1.807) is 24.3 Å². The molecule has 1 atom stereocenters. The zero-order valence-electron chi connectivity index (χ0n) is 18.0. The molecule has 1 saturated heterocycles. The quantitative estimate of drug-likeness (QED) is 0.500. The van der Waals surface area contributed by atoms with Gasteiger partial charge in [-0.25, -0.2) is 8.42 Å². The predicted molar refractivity (Wildman–Crippen MR) is 122 cm³/mol. The highest BCUT2D eigenvalue weighted by atomic mass is 32.2. The smallest absolute Gasteiger partial charge is 0.324 e. The molecule has 0 saturated carbocycles. The summed E-state index contributed by atoms with van der Waals surface area (Å²) in [6.07, 6.45) is 0.943. The molecule has 1 unspecified atom stereocenters. The van der Waals surface area contributed by atoms with E-state index < -0.39 is 22.0 Å². The third-order valence-corrected chi connectivity index (χ3v) is 7.10. The first-order valence-electron chi connectivity index (χ1n) is 10.4. The summed E-state index contributed by atoms with van der Waals surface area (Å²) < 4.78 is 32.7. The SMILES string of the molecule is Cc1ccc(S(=O)(=O)N2CCCC2C(=O)OCc2nc(N)nc(Nc3ccccc3)n2)cc1. The molecule has 10 nitrogen and oxygen atoms in total. The van der Waals surface area contributed by atoms with E-state index in [-0.39, 0.29) is 35.8 Å². The Morgan fingerprint density at radius 1 is 1.12 bits per heavy atom. The number of nitrogen functional groups attached to an aromatic ring is 1. The minimum atomic E-state index is -3.82. The van der Waals surface area contributed by atoms with Gasteiger partial charge in [-0.15, -0.1) is 0 Å². The molecule has 33 heavy (non-hydrogen) atoms. The van der Waals surface area contributed by atoms with Crippen molar-refractivity contribution in [2.24, 2.45) is 0 Å². The number of nitrogens with one attached hydrogen (secondary N) is 1. The third kappa shape index (κ3) is 5.26. The number of nitrogens with two attached hydrogens (primary N) is 1. The van der Waals surface area contributed by atoms with Crippen LogP contribution in [-0.2, 0) is 26.2 Å². The van der Waals surface area contributed by atoms with Crippen LogP contribution in [0.25, 0.3) is 0 Å². The highest BCUT2D eigenvalue weighted by molar-refractivity contribution is 7.89. The largest absolute Gasteiger partial charge is 0.456 e. The standard InChI is InChI=1S/C22H24N6O4S/c1-15-9-11-17(12-10-15)33(30,31)28-13-5-8-18(28)20(29)32-14-19-25-21(23)27-22(26-19)24-16-6-3-2-4-7-16/h2-4,6-7,9-12,18H,5,8,13-14H2,1H3,(H3,23,24,25,26,27). The second kappa shape index (κ2) is 9.51. The molecule has 2 aromatic carbocycles. The van der Waals surface area contributed by atoms with Crippen LogP contribution in [0.15, 0.2) is 59.5 Å². The Kier molecular flexibility index (Phi) is 6.52. The summed E-state index contributed by atoms with van der Waals surface area (Å²) >= 11 is 0. The first-order chi connectivity index (χ1) is 15.8. The van der Waals surface area contributed by atoms with E-state index in [2.05, 4.69) is 20.3 Å². The van der Waals surface area contributed by atoms with Crippen molar-refractivity contribution in [1.29, 1.82) is 0 Å². The lowest BCUT2D eigenvalue weighted by Gasteiger charge is -2.22. The molecule has 1 aliphatic heterocycles. The highest BCUT2D eigenvalue weighted by Crippen LogP contribution is 2.27. The van der Waals surface area contributed by atoms with Crippen LogP contribution in [0.4, 0.5) is 17.6 Å². The Hall–Kier alpha value is -3.57. The average molecular weight is 469 g/mol. The van der Waals surface area contributed by atoms with E-state index >= 15 is 0 Å². The third-order valence-electron chi connectivity index (χ3n) is 5.18. The van der Waals surface area contributed by atoms with Crippen LogP contribution in [0, 0.1) is 6.92 Å². The predicted octanol–water partition coefficient (Wildman–Crippen LogP) is 2.40. The molecule has 0 aliphatic carbocycles. The van der Waals surface area contributed by atoms with Gasteiger partial charge < -0.3 is 15.8 Å². The van der Waals surface area contributed by atoms with Gasteiger partial charge in [-0.05, 0) is 44.0 Å². The lowest BCUT2D eigenvalue weighted by Crippen LogP contribution is -2.41. The molecule has 1 aliphatic rings. The number of aryl methyl sites for hydroxylation is 1. The molecule has 1 aromatic heterocycles. The maximum Gasteiger partial charge on any atom is 0.324 e. The van der Waals surface area contributed by atoms with Crippen LogP contribution < -0.4 is 11.1 Å². The Morgan fingerprint density at radius 3 is 2.58 bits per heavy atom. The molecule has 4 rings (SSSR count). The van der Waals surface area contributed by atoms with Gasteiger partial charge in [0.1, 0.15) is 6.04 Å². The molecule has 0 spiro atoms. The number of para-hydroxylation sites is 1. The van der Waals surface area contributed by atoms with Crippen LogP contribution in [0.1, 0.15) is 24.2 Å². The monoisotopic (exact) mass is 468 g/mol. The van der Waals surface area contributed by atoms with E-state index in [1.807, 2.05) is 37.3 Å². The van der Waals surface area contributed by atoms with Gasteiger partial charge in [-0.3, -0.25) is 4.79 Å². The number of rotatable bonds is 7. The van der Waals surface area contributed by atoms with Gasteiger partial charge in [0, 0.05) is 12.2 Å². The van der Waals surface area contributed by atoms with Crippen molar-refractivity contribution in [2.75, 3.05) is 17.6 Å². The Balaban J connectivity index is 1.44. The molecule has 3 N–H and O–H groups in total. The molecule has 2 heterocycles. The summed E-state index contributed by atoms with van der Waals surface area (Å²) in [7, 11) is -3.82. The number of hydrogen-bond acceptors (Lipinski definition) is 9. The van der Waals surface area contributed by atoms with Gasteiger partial charge >= 0.3 is 5.97 Å². The molecule has 11 heteroatoms. The van der Waals surface area contributed by atoms with E-state index in [9.17, 15) is 13.2 Å². The van der Waals surface area contributed by atoms with Gasteiger partial charge in [0.15, 0.2) is 12.4 Å². The molecule has 1 fully saturated rings. The summed E-state index contributed by atoms with van der Waals surface area (Å²) in [6.45, 7) is 1.87. The summed E-state index contributed by atoms with van der Waals surface area (Å²) in [4.78, 5) is 25.2. The van der Waals surface area contributed by atoms with Gasteiger partial charge in [0.25, 0.3) is 0 Å². The molecule has 172 valence electrons. The van der Waals surface area contributed by atoms with E-state index in [0.29, 0.717) is 12.8 Å². The summed E-state index contributed by atoms with van der Waals surface area (Å²) in [5, 5.41) is 3.01. The van der Waals surface area contributed by atoms with Crippen molar-refractivity contribution in [3.8, 4) is 0 Å². The van der Waals surface area contributed by atoms with Gasteiger partial charge in [-0.2, -0.15) is 19.3 Å². The van der Waals surface area contributed by atoms with Crippen molar-refractivity contribution in [3.05, 3.63) is 66.0 Å². The summed E-state index contributed by atoms with van der Waals surface area (Å²) in [6, 6.07) is 14.9. The van der Waals surface area contributed by atoms with Crippen LogP contribution in [-0.4, -0.2) is 46.2 Å². The van der Waals surface area contributed by atoms with Gasteiger partial charge in [0.05, 0.1) is 4.90 Å². The lowest BCUT2D eigenvalue weighted by molar-refractivity contribution is -0.149. The fourth-order valence-electron chi connectivity index (χ4n) is 3.55. The maximum absolute atomic E-state index is 13.1. The van der Waals surface area contributed by atoms with Crippen LogP contribution in [0.5, 0.6) is 0 Å². The van der Waals surface area contributed by atoms with Crippen LogP contribution >= 0.6 is 0 Å². The molecular formula is C22H24N6O4S. The Bertz CT molecular complexity index is 1240. The van der Waals surface area contributed by atoms with E-state index in [0.717, 1.165) is 11.3 Å². The average Bonchev–Trinajstić information content (AvgIpc) is 3.29. The second-order valence-electron chi connectivity index (χ2n) is 7.62. The minimum Gasteiger partial charge on any atom is -0.456 e. The van der Waals surface area contributed by atoms with Crippen LogP contribution in [0.3, 0.4) is 0 Å². The number of carbonyl (C=O) groups excluding carboxylic acids is 1. The second-order valence-corrected chi connectivity index (χ2v) is 9.51. The number of sulfonamides is 1. The molecule has 0 amide bonds. The van der Waals surface area contributed by atoms with Crippen molar-refractivity contribution in [1.82, 2.24) is 19.3 Å². The first-order valence-corrected chi connectivity index (χ1v) is 11.8. The number of benzene rings is 2. The number of carbonyl (C=O) groups is 1. The fourth-order valence-corrected chi connectivity index (χ4v) is 5.20. The fraction of sp³-hybridized carbons (Fsp3) is 0.273. The zero-order valence-corrected chi connectivity index (χ0v) is 18.8. The summed E-state index contributed by atoms with van der Waals surface area (Å²) in [5.74, 6) is -0.317. The number of aromatic nitrogens is 3. The molecule has 0 bridgehead atoms. The topological polar surface area (TPSA) is 140 Å². The molecule has 0 radical (unpaired) electrons. The minimum absolute atomic E-state index is 0.0288. The van der Waals surface area contributed by atoms with E-state index in [4.69, 9.17) is 10.5 Å².